The Bertz CT molecular complexity index is 849. The molecule has 1 N–H and O–H groups in total. The summed E-state index contributed by atoms with van der Waals surface area (Å²) >= 11 is 0. The van der Waals surface area contributed by atoms with E-state index in [9.17, 15) is 18.0 Å². The third kappa shape index (κ3) is 4.40. The van der Waals surface area contributed by atoms with Crippen molar-refractivity contribution in [3.05, 3.63) is 59.2 Å². The van der Waals surface area contributed by atoms with Gasteiger partial charge in [-0.05, 0) is 35.7 Å². The first-order valence-electron chi connectivity index (χ1n) is 9.14. The summed E-state index contributed by atoms with van der Waals surface area (Å²) in [4.78, 5) is 12.7. The fourth-order valence-electron chi connectivity index (χ4n) is 3.16. The van der Waals surface area contributed by atoms with E-state index in [-0.39, 0.29) is 5.92 Å². The van der Waals surface area contributed by atoms with Gasteiger partial charge in [0.1, 0.15) is 0 Å². The van der Waals surface area contributed by atoms with Crippen LogP contribution in [0.25, 0.3) is 0 Å². The second kappa shape index (κ2) is 8.12. The van der Waals surface area contributed by atoms with E-state index < -0.39 is 29.3 Å². The summed E-state index contributed by atoms with van der Waals surface area (Å²) in [6.45, 7) is 4.87. The van der Waals surface area contributed by atoms with Crippen molar-refractivity contribution in [3.8, 4) is 11.5 Å². The molecule has 0 fully saturated rings. The molecule has 1 aliphatic heterocycles. The second-order valence-corrected chi connectivity index (χ2v) is 7.00. The molecule has 0 radical (unpaired) electrons. The zero-order chi connectivity index (χ0) is 20.3. The van der Waals surface area contributed by atoms with E-state index in [4.69, 9.17) is 9.47 Å². The lowest BCUT2D eigenvalue weighted by molar-refractivity contribution is -0.137. The van der Waals surface area contributed by atoms with E-state index in [1.165, 1.54) is 18.2 Å². The van der Waals surface area contributed by atoms with Crippen LogP contribution in [0.5, 0.6) is 11.5 Å². The Balaban J connectivity index is 1.89. The molecule has 0 aliphatic carbocycles. The lowest BCUT2D eigenvalue weighted by Gasteiger charge is -2.24. The van der Waals surface area contributed by atoms with Gasteiger partial charge in [-0.25, -0.2) is 0 Å². The Morgan fingerprint density at radius 3 is 2.39 bits per heavy atom. The molecule has 0 saturated carbocycles. The number of amides is 1. The zero-order valence-electron chi connectivity index (χ0n) is 15.7. The Kier molecular flexibility index (Phi) is 5.82. The van der Waals surface area contributed by atoms with Crippen molar-refractivity contribution in [2.24, 2.45) is 5.92 Å². The quantitative estimate of drug-likeness (QED) is 0.796. The Hall–Kier alpha value is -2.70. The highest BCUT2D eigenvalue weighted by atomic mass is 19.4. The molecule has 4 nitrogen and oxygen atoms in total. The zero-order valence-corrected chi connectivity index (χ0v) is 15.7. The van der Waals surface area contributed by atoms with Crippen LogP contribution >= 0.6 is 0 Å². The molecule has 150 valence electrons. The Morgan fingerprint density at radius 2 is 1.71 bits per heavy atom. The molecule has 7 heteroatoms. The Labute approximate surface area is 161 Å². The summed E-state index contributed by atoms with van der Waals surface area (Å²) in [5, 5.41) is 2.75. The number of rotatable bonds is 4. The van der Waals surface area contributed by atoms with Crippen LogP contribution < -0.4 is 14.8 Å². The van der Waals surface area contributed by atoms with Crippen molar-refractivity contribution < 1.29 is 27.4 Å². The van der Waals surface area contributed by atoms with Gasteiger partial charge in [0.15, 0.2) is 11.5 Å². The summed E-state index contributed by atoms with van der Waals surface area (Å²) in [6, 6.07) is 9.64. The number of hydrogen-bond donors (Lipinski definition) is 1. The summed E-state index contributed by atoms with van der Waals surface area (Å²) < 4.78 is 51.0. The molecular formula is C21H22F3NO3. The van der Waals surface area contributed by atoms with Gasteiger partial charge in [-0.1, -0.05) is 32.0 Å². The van der Waals surface area contributed by atoms with Gasteiger partial charge in [-0.2, -0.15) is 13.2 Å². The summed E-state index contributed by atoms with van der Waals surface area (Å²) in [5.41, 5.74) is -0.597. The van der Waals surface area contributed by atoms with Gasteiger partial charge in [-0.3, -0.25) is 4.79 Å². The smallest absolute Gasteiger partial charge is 0.417 e. The van der Waals surface area contributed by atoms with Crippen LogP contribution in [0.1, 0.15) is 47.8 Å². The van der Waals surface area contributed by atoms with Crippen LogP contribution in [-0.4, -0.2) is 19.1 Å². The first-order chi connectivity index (χ1) is 13.3. The van der Waals surface area contributed by atoms with E-state index in [2.05, 4.69) is 5.32 Å². The van der Waals surface area contributed by atoms with Gasteiger partial charge < -0.3 is 14.8 Å². The molecule has 1 heterocycles. The van der Waals surface area contributed by atoms with Gasteiger partial charge >= 0.3 is 6.18 Å². The number of ether oxygens (including phenoxy) is 2. The maximum atomic E-state index is 13.2. The number of fused-ring (bicyclic) bond motifs is 1. The van der Waals surface area contributed by atoms with E-state index in [0.717, 1.165) is 18.1 Å². The molecule has 1 atom stereocenters. The van der Waals surface area contributed by atoms with Gasteiger partial charge in [0.2, 0.25) is 0 Å². The number of alkyl halides is 3. The lowest BCUT2D eigenvalue weighted by Crippen LogP contribution is -2.33. The van der Waals surface area contributed by atoms with Crippen LogP contribution in [-0.2, 0) is 6.18 Å². The molecule has 0 aromatic heterocycles. The van der Waals surface area contributed by atoms with Crippen LogP contribution in [0.4, 0.5) is 13.2 Å². The van der Waals surface area contributed by atoms with Crippen LogP contribution in [0, 0.1) is 5.92 Å². The van der Waals surface area contributed by atoms with Crippen molar-refractivity contribution in [3.63, 3.8) is 0 Å². The second-order valence-electron chi connectivity index (χ2n) is 7.00. The monoisotopic (exact) mass is 393 g/mol. The number of nitrogens with one attached hydrogen (secondary N) is 1. The van der Waals surface area contributed by atoms with Gasteiger partial charge in [-0.15, -0.1) is 0 Å². The number of carbonyl (C=O) groups is 1. The molecule has 0 saturated heterocycles. The summed E-state index contributed by atoms with van der Waals surface area (Å²) in [5.74, 6) is 0.383. The van der Waals surface area contributed by atoms with Crippen LogP contribution in [0.2, 0.25) is 0 Å². The maximum absolute atomic E-state index is 13.2. The van der Waals surface area contributed by atoms with E-state index in [1.807, 2.05) is 13.8 Å². The molecule has 3 rings (SSSR count). The average molecular weight is 393 g/mol. The first-order valence-corrected chi connectivity index (χ1v) is 9.14. The topological polar surface area (TPSA) is 47.6 Å². The maximum Gasteiger partial charge on any atom is 0.417 e. The fourth-order valence-corrected chi connectivity index (χ4v) is 3.16. The third-order valence-electron chi connectivity index (χ3n) is 4.56. The summed E-state index contributed by atoms with van der Waals surface area (Å²) in [6.07, 6.45) is -3.83. The van der Waals surface area contributed by atoms with Gasteiger partial charge in [0.25, 0.3) is 5.91 Å². The molecule has 0 spiro atoms. The summed E-state index contributed by atoms with van der Waals surface area (Å²) in [7, 11) is 0. The van der Waals surface area contributed by atoms with Crippen LogP contribution in [0.15, 0.2) is 42.5 Å². The first kappa shape index (κ1) is 20.0. The lowest BCUT2D eigenvalue weighted by atomic mass is 9.94. The molecule has 2 aromatic rings. The van der Waals surface area contributed by atoms with Crippen molar-refractivity contribution >= 4 is 5.91 Å². The highest BCUT2D eigenvalue weighted by Crippen LogP contribution is 2.35. The molecule has 1 aliphatic rings. The molecular weight excluding hydrogens is 371 g/mol. The minimum Gasteiger partial charge on any atom is -0.490 e. The SMILES string of the molecule is CC(C)C(NC(=O)c1ccccc1C(F)(F)F)c1ccc2c(c1)OCCCO2. The molecule has 0 bridgehead atoms. The molecule has 28 heavy (non-hydrogen) atoms. The Morgan fingerprint density at radius 1 is 1.04 bits per heavy atom. The largest absolute Gasteiger partial charge is 0.490 e. The normalized spacial score (nSPS) is 15.1. The van der Waals surface area contributed by atoms with Crippen LogP contribution in [0.3, 0.4) is 0 Å². The van der Waals surface area contributed by atoms with Gasteiger partial charge in [0, 0.05) is 6.42 Å². The van der Waals surface area contributed by atoms with Crippen molar-refractivity contribution in [2.45, 2.75) is 32.5 Å². The van der Waals surface area contributed by atoms with E-state index in [0.29, 0.717) is 24.7 Å². The molecule has 1 amide bonds. The number of carbonyl (C=O) groups excluding carboxylic acids is 1. The highest BCUT2D eigenvalue weighted by molar-refractivity contribution is 5.96. The highest BCUT2D eigenvalue weighted by Gasteiger charge is 2.35. The number of benzene rings is 2. The van der Waals surface area contributed by atoms with Gasteiger partial charge in [0.05, 0.1) is 30.4 Å². The predicted molar refractivity (Wildman–Crippen MR) is 98.5 cm³/mol. The minimum absolute atomic E-state index is 0.0493. The van der Waals surface area contributed by atoms with Crippen molar-refractivity contribution in [1.82, 2.24) is 5.32 Å². The van der Waals surface area contributed by atoms with E-state index in [1.54, 1.807) is 18.2 Å². The molecule has 1 unspecified atom stereocenters. The van der Waals surface area contributed by atoms with Crippen molar-refractivity contribution in [1.29, 1.82) is 0 Å². The molecule has 2 aromatic carbocycles. The average Bonchev–Trinajstić information content (AvgIpc) is 2.89. The van der Waals surface area contributed by atoms with E-state index >= 15 is 0 Å². The number of halogens is 3. The standard InChI is InChI=1S/C21H22F3NO3/c1-13(2)19(14-8-9-17-18(12-14)28-11-5-10-27-17)25-20(26)15-6-3-4-7-16(15)21(22,23)24/h3-4,6-9,12-13,19H,5,10-11H2,1-2H3,(H,25,26). The minimum atomic E-state index is -4.60. The predicted octanol–water partition coefficient (Wildman–Crippen LogP) is 4.99. The third-order valence-corrected chi connectivity index (χ3v) is 4.56. The van der Waals surface area contributed by atoms with Crippen molar-refractivity contribution in [2.75, 3.05) is 13.2 Å². The fraction of sp³-hybridized carbons (Fsp3) is 0.381. The number of hydrogen-bond acceptors (Lipinski definition) is 3.